The standard InChI is InChI=1S/C10H18N2O2/c1-7(2)12(6-10(11)14)8-3-4-9(13)5-8/h7-8H,3-6H2,1-2H3,(H2,11,14). The van der Waals surface area contributed by atoms with E-state index in [2.05, 4.69) is 0 Å². The van der Waals surface area contributed by atoms with Gasteiger partial charge in [0.25, 0.3) is 0 Å². The molecule has 1 amide bonds. The van der Waals surface area contributed by atoms with Crippen LogP contribution in [0.4, 0.5) is 0 Å². The van der Waals surface area contributed by atoms with E-state index in [-0.39, 0.29) is 24.5 Å². The normalized spacial score (nSPS) is 22.3. The van der Waals surface area contributed by atoms with Gasteiger partial charge in [0.05, 0.1) is 6.54 Å². The van der Waals surface area contributed by atoms with Gasteiger partial charge >= 0.3 is 0 Å². The molecule has 1 unspecified atom stereocenters. The molecule has 0 aromatic carbocycles. The number of amides is 1. The predicted molar refractivity (Wildman–Crippen MR) is 53.7 cm³/mol. The van der Waals surface area contributed by atoms with Gasteiger partial charge in [0.2, 0.25) is 5.91 Å². The van der Waals surface area contributed by atoms with Crippen LogP contribution in [0.3, 0.4) is 0 Å². The first-order chi connectivity index (χ1) is 6.50. The molecule has 1 aliphatic carbocycles. The van der Waals surface area contributed by atoms with Gasteiger partial charge in [-0.25, -0.2) is 0 Å². The van der Waals surface area contributed by atoms with Crippen LogP contribution in [0.2, 0.25) is 0 Å². The zero-order chi connectivity index (χ0) is 10.7. The fourth-order valence-electron chi connectivity index (χ4n) is 1.99. The van der Waals surface area contributed by atoms with Gasteiger partial charge in [-0.15, -0.1) is 0 Å². The smallest absolute Gasteiger partial charge is 0.231 e. The van der Waals surface area contributed by atoms with Gasteiger partial charge in [-0.05, 0) is 20.3 Å². The minimum atomic E-state index is -0.321. The van der Waals surface area contributed by atoms with Crippen LogP contribution < -0.4 is 5.73 Å². The Kier molecular flexibility index (Phi) is 3.63. The van der Waals surface area contributed by atoms with E-state index in [4.69, 9.17) is 5.73 Å². The van der Waals surface area contributed by atoms with Crippen LogP contribution in [0.25, 0.3) is 0 Å². The molecule has 1 rings (SSSR count). The lowest BCUT2D eigenvalue weighted by Crippen LogP contribution is -2.44. The Balaban J connectivity index is 2.58. The van der Waals surface area contributed by atoms with Crippen LogP contribution in [0.1, 0.15) is 33.1 Å². The number of ketones is 1. The number of Topliss-reactive ketones (excluding diaryl/α,β-unsaturated/α-hetero) is 1. The summed E-state index contributed by atoms with van der Waals surface area (Å²) in [5.74, 6) is -0.0248. The number of carbonyl (C=O) groups excluding carboxylic acids is 2. The van der Waals surface area contributed by atoms with Gasteiger partial charge in [-0.1, -0.05) is 0 Å². The van der Waals surface area contributed by atoms with Crippen molar-refractivity contribution in [3.8, 4) is 0 Å². The molecule has 0 saturated heterocycles. The van der Waals surface area contributed by atoms with Crippen LogP contribution in [0, 0.1) is 0 Å². The highest BCUT2D eigenvalue weighted by Gasteiger charge is 2.29. The van der Waals surface area contributed by atoms with Crippen molar-refractivity contribution in [2.75, 3.05) is 6.54 Å². The Morgan fingerprint density at radius 2 is 2.29 bits per heavy atom. The molecule has 1 saturated carbocycles. The number of primary amides is 1. The van der Waals surface area contributed by atoms with Crippen LogP contribution in [0.15, 0.2) is 0 Å². The van der Waals surface area contributed by atoms with Crippen molar-refractivity contribution in [3.05, 3.63) is 0 Å². The maximum absolute atomic E-state index is 11.1. The molecule has 0 heterocycles. The summed E-state index contributed by atoms with van der Waals surface area (Å²) in [6.45, 7) is 4.30. The van der Waals surface area contributed by atoms with E-state index in [1.165, 1.54) is 0 Å². The van der Waals surface area contributed by atoms with E-state index in [1.54, 1.807) is 0 Å². The average Bonchev–Trinajstić information content (AvgIpc) is 2.46. The Labute approximate surface area is 84.4 Å². The molecule has 0 aromatic heterocycles. The van der Waals surface area contributed by atoms with Crippen molar-refractivity contribution in [1.82, 2.24) is 4.90 Å². The second-order valence-corrected chi connectivity index (χ2v) is 4.17. The fourth-order valence-corrected chi connectivity index (χ4v) is 1.99. The van der Waals surface area contributed by atoms with Gasteiger partial charge in [-0.3, -0.25) is 14.5 Å². The van der Waals surface area contributed by atoms with Gasteiger partial charge in [0.15, 0.2) is 0 Å². The van der Waals surface area contributed by atoms with Crippen molar-refractivity contribution in [2.45, 2.75) is 45.2 Å². The quantitative estimate of drug-likeness (QED) is 0.706. The highest BCUT2D eigenvalue weighted by molar-refractivity contribution is 5.81. The molecule has 0 aromatic rings. The van der Waals surface area contributed by atoms with Crippen molar-refractivity contribution in [2.24, 2.45) is 5.73 Å². The van der Waals surface area contributed by atoms with E-state index in [0.29, 0.717) is 18.6 Å². The van der Waals surface area contributed by atoms with E-state index in [1.807, 2.05) is 18.7 Å². The minimum Gasteiger partial charge on any atom is -0.369 e. The molecule has 4 heteroatoms. The zero-order valence-electron chi connectivity index (χ0n) is 8.82. The van der Waals surface area contributed by atoms with E-state index in [0.717, 1.165) is 6.42 Å². The molecule has 4 nitrogen and oxygen atoms in total. The maximum atomic E-state index is 11.1. The first-order valence-corrected chi connectivity index (χ1v) is 5.06. The fraction of sp³-hybridized carbons (Fsp3) is 0.800. The number of carbonyl (C=O) groups is 2. The molecule has 0 spiro atoms. The summed E-state index contributed by atoms with van der Waals surface area (Å²) in [4.78, 5) is 24.0. The van der Waals surface area contributed by atoms with Gasteiger partial charge in [-0.2, -0.15) is 0 Å². The number of rotatable bonds is 4. The maximum Gasteiger partial charge on any atom is 0.231 e. The molecule has 0 bridgehead atoms. The first-order valence-electron chi connectivity index (χ1n) is 5.06. The highest BCUT2D eigenvalue weighted by atomic mass is 16.1. The summed E-state index contributed by atoms with van der Waals surface area (Å²) in [5, 5.41) is 0. The van der Waals surface area contributed by atoms with Gasteiger partial charge in [0.1, 0.15) is 5.78 Å². The van der Waals surface area contributed by atoms with E-state index in [9.17, 15) is 9.59 Å². The van der Waals surface area contributed by atoms with Crippen LogP contribution in [-0.4, -0.2) is 35.2 Å². The van der Waals surface area contributed by atoms with Crippen molar-refractivity contribution in [3.63, 3.8) is 0 Å². The number of hydrogen-bond donors (Lipinski definition) is 1. The molecular formula is C10H18N2O2. The van der Waals surface area contributed by atoms with Gasteiger partial charge < -0.3 is 5.73 Å². The molecule has 80 valence electrons. The summed E-state index contributed by atoms with van der Waals surface area (Å²) in [6.07, 6.45) is 2.09. The Morgan fingerprint density at radius 1 is 1.64 bits per heavy atom. The highest BCUT2D eigenvalue weighted by Crippen LogP contribution is 2.22. The lowest BCUT2D eigenvalue weighted by atomic mass is 10.1. The Morgan fingerprint density at radius 3 is 2.64 bits per heavy atom. The lowest BCUT2D eigenvalue weighted by Gasteiger charge is -2.30. The summed E-state index contributed by atoms with van der Waals surface area (Å²) in [6, 6.07) is 0.480. The molecule has 14 heavy (non-hydrogen) atoms. The second-order valence-electron chi connectivity index (χ2n) is 4.17. The molecule has 1 aliphatic rings. The third-order valence-corrected chi connectivity index (χ3v) is 2.69. The number of hydrogen-bond acceptors (Lipinski definition) is 3. The average molecular weight is 198 g/mol. The van der Waals surface area contributed by atoms with E-state index < -0.39 is 0 Å². The molecule has 1 fully saturated rings. The first kappa shape index (κ1) is 11.2. The largest absolute Gasteiger partial charge is 0.369 e. The van der Waals surface area contributed by atoms with Crippen LogP contribution >= 0.6 is 0 Å². The number of nitrogens with zero attached hydrogens (tertiary/aromatic N) is 1. The monoisotopic (exact) mass is 198 g/mol. The molecule has 0 radical (unpaired) electrons. The van der Waals surface area contributed by atoms with Gasteiger partial charge in [0, 0.05) is 24.9 Å². The third kappa shape index (κ3) is 2.80. The van der Waals surface area contributed by atoms with Crippen molar-refractivity contribution in [1.29, 1.82) is 0 Å². The topological polar surface area (TPSA) is 63.4 Å². The second kappa shape index (κ2) is 4.55. The SMILES string of the molecule is CC(C)N(CC(N)=O)C1CCC(=O)C1. The summed E-state index contributed by atoms with van der Waals surface area (Å²) in [5.41, 5.74) is 5.17. The zero-order valence-corrected chi connectivity index (χ0v) is 8.82. The Bertz CT molecular complexity index is 238. The van der Waals surface area contributed by atoms with Crippen LogP contribution in [0.5, 0.6) is 0 Å². The molecular weight excluding hydrogens is 180 g/mol. The summed E-state index contributed by atoms with van der Waals surface area (Å²) in [7, 11) is 0. The van der Waals surface area contributed by atoms with E-state index >= 15 is 0 Å². The van der Waals surface area contributed by atoms with Crippen molar-refractivity contribution >= 4 is 11.7 Å². The third-order valence-electron chi connectivity index (χ3n) is 2.69. The molecule has 1 atom stereocenters. The molecule has 2 N–H and O–H groups in total. The van der Waals surface area contributed by atoms with Crippen molar-refractivity contribution < 1.29 is 9.59 Å². The minimum absolute atomic E-state index is 0.218. The number of nitrogens with two attached hydrogens (primary N) is 1. The molecule has 0 aliphatic heterocycles. The predicted octanol–water partition coefficient (Wildman–Crippen LogP) is 0.304. The lowest BCUT2D eigenvalue weighted by molar-refractivity contribution is -0.121. The van der Waals surface area contributed by atoms with Crippen LogP contribution in [-0.2, 0) is 9.59 Å². The summed E-state index contributed by atoms with van der Waals surface area (Å²) >= 11 is 0. The Hall–Kier alpha value is -0.900. The summed E-state index contributed by atoms with van der Waals surface area (Å²) < 4.78 is 0.